The number of methoxy groups -OCH3 is 1. The largest absolute Gasteiger partial charge is 0.496 e. The number of hydrogen-bond acceptors (Lipinski definition) is 5. The van der Waals surface area contributed by atoms with E-state index in [9.17, 15) is 10.1 Å². The molecular formula is C15H17N3O3. The number of nitrogens with zero attached hydrogens (tertiary/aromatic N) is 2. The van der Waals surface area contributed by atoms with Crippen LogP contribution >= 0.6 is 0 Å². The van der Waals surface area contributed by atoms with Crippen LogP contribution in [0.15, 0.2) is 36.5 Å². The van der Waals surface area contributed by atoms with Gasteiger partial charge in [0.25, 0.3) is 5.69 Å². The van der Waals surface area contributed by atoms with Gasteiger partial charge in [-0.25, -0.2) is 4.98 Å². The highest BCUT2D eigenvalue weighted by molar-refractivity contribution is 5.47. The number of anilines is 1. The minimum absolute atomic E-state index is 0.0327. The Morgan fingerprint density at radius 1 is 1.38 bits per heavy atom. The molecule has 0 atom stereocenters. The zero-order valence-corrected chi connectivity index (χ0v) is 12.0. The van der Waals surface area contributed by atoms with E-state index in [1.165, 1.54) is 6.20 Å². The number of benzene rings is 1. The fourth-order valence-corrected chi connectivity index (χ4v) is 2.07. The second kappa shape index (κ2) is 6.69. The number of aryl methyl sites for hydroxylation is 1. The molecular weight excluding hydrogens is 270 g/mol. The van der Waals surface area contributed by atoms with Crippen LogP contribution in [0.2, 0.25) is 0 Å². The van der Waals surface area contributed by atoms with Gasteiger partial charge in [-0.1, -0.05) is 18.2 Å². The van der Waals surface area contributed by atoms with E-state index in [1.54, 1.807) is 20.1 Å². The lowest BCUT2D eigenvalue weighted by Gasteiger charge is -2.09. The molecule has 0 radical (unpaired) electrons. The standard InChI is InChI=1S/C15H17N3O3/c1-11-9-15(17-10-13(11)18(19)20)16-8-7-12-5-3-4-6-14(12)21-2/h3-6,9-10H,7-8H2,1-2H3,(H,16,17). The fourth-order valence-electron chi connectivity index (χ4n) is 2.07. The van der Waals surface area contributed by atoms with Gasteiger partial charge in [0.15, 0.2) is 0 Å². The van der Waals surface area contributed by atoms with Gasteiger partial charge in [-0.3, -0.25) is 10.1 Å². The average molecular weight is 287 g/mol. The van der Waals surface area contributed by atoms with Crippen molar-refractivity contribution < 1.29 is 9.66 Å². The average Bonchev–Trinajstić information content (AvgIpc) is 2.47. The third-order valence-electron chi connectivity index (χ3n) is 3.17. The first-order valence-electron chi connectivity index (χ1n) is 6.58. The van der Waals surface area contributed by atoms with Gasteiger partial charge in [0.1, 0.15) is 17.8 Å². The van der Waals surface area contributed by atoms with Crippen LogP contribution in [0, 0.1) is 17.0 Å². The number of nitrogens with one attached hydrogen (secondary N) is 1. The highest BCUT2D eigenvalue weighted by atomic mass is 16.6. The zero-order chi connectivity index (χ0) is 15.2. The number of para-hydroxylation sites is 1. The van der Waals surface area contributed by atoms with E-state index in [-0.39, 0.29) is 5.69 Å². The zero-order valence-electron chi connectivity index (χ0n) is 12.0. The maximum absolute atomic E-state index is 10.7. The summed E-state index contributed by atoms with van der Waals surface area (Å²) in [6.45, 7) is 2.37. The summed E-state index contributed by atoms with van der Waals surface area (Å²) in [6.07, 6.45) is 2.06. The van der Waals surface area contributed by atoms with Crippen molar-refractivity contribution in [2.75, 3.05) is 19.0 Å². The molecule has 6 nitrogen and oxygen atoms in total. The quantitative estimate of drug-likeness (QED) is 0.653. The molecule has 6 heteroatoms. The molecule has 1 heterocycles. The molecule has 0 aliphatic carbocycles. The Balaban J connectivity index is 1.97. The summed E-state index contributed by atoms with van der Waals surface area (Å²) < 4.78 is 5.29. The highest BCUT2D eigenvalue weighted by Gasteiger charge is 2.11. The van der Waals surface area contributed by atoms with E-state index >= 15 is 0 Å². The number of hydrogen-bond donors (Lipinski definition) is 1. The summed E-state index contributed by atoms with van der Waals surface area (Å²) in [6, 6.07) is 9.50. The monoisotopic (exact) mass is 287 g/mol. The van der Waals surface area contributed by atoms with Crippen molar-refractivity contribution in [2.24, 2.45) is 0 Å². The molecule has 1 N–H and O–H groups in total. The maximum Gasteiger partial charge on any atom is 0.290 e. The summed E-state index contributed by atoms with van der Waals surface area (Å²) in [5, 5.41) is 13.9. The summed E-state index contributed by atoms with van der Waals surface area (Å²) in [4.78, 5) is 14.4. The SMILES string of the molecule is COc1ccccc1CCNc1cc(C)c([N+](=O)[O-])cn1. The molecule has 0 spiro atoms. The molecule has 2 aromatic rings. The third-order valence-corrected chi connectivity index (χ3v) is 3.17. The van der Waals surface area contributed by atoms with Crippen molar-refractivity contribution >= 4 is 11.5 Å². The molecule has 0 amide bonds. The van der Waals surface area contributed by atoms with Gasteiger partial charge in [-0.05, 0) is 31.0 Å². The van der Waals surface area contributed by atoms with Gasteiger partial charge >= 0.3 is 0 Å². The van der Waals surface area contributed by atoms with Crippen LogP contribution in [-0.4, -0.2) is 23.6 Å². The summed E-state index contributed by atoms with van der Waals surface area (Å²) >= 11 is 0. The van der Waals surface area contributed by atoms with Gasteiger partial charge in [0.2, 0.25) is 0 Å². The molecule has 2 rings (SSSR count). The van der Waals surface area contributed by atoms with Crippen molar-refractivity contribution in [1.29, 1.82) is 0 Å². The Bertz CT molecular complexity index is 644. The minimum Gasteiger partial charge on any atom is -0.496 e. The maximum atomic E-state index is 10.7. The second-order valence-electron chi connectivity index (χ2n) is 4.60. The molecule has 0 saturated carbocycles. The predicted octanol–water partition coefficient (Wildman–Crippen LogP) is 2.96. The normalized spacial score (nSPS) is 10.2. The van der Waals surface area contributed by atoms with Crippen LogP contribution in [0.1, 0.15) is 11.1 Å². The fraction of sp³-hybridized carbons (Fsp3) is 0.267. The van der Waals surface area contributed by atoms with Gasteiger partial charge in [0.05, 0.1) is 12.0 Å². The van der Waals surface area contributed by atoms with Gasteiger partial charge in [0, 0.05) is 12.1 Å². The van der Waals surface area contributed by atoms with E-state index in [0.29, 0.717) is 17.9 Å². The van der Waals surface area contributed by atoms with E-state index in [2.05, 4.69) is 10.3 Å². The molecule has 1 aromatic carbocycles. The smallest absolute Gasteiger partial charge is 0.290 e. The van der Waals surface area contributed by atoms with Crippen molar-refractivity contribution in [3.63, 3.8) is 0 Å². The minimum atomic E-state index is -0.430. The molecule has 0 bridgehead atoms. The first-order chi connectivity index (χ1) is 10.1. The predicted molar refractivity (Wildman–Crippen MR) is 80.8 cm³/mol. The Morgan fingerprint density at radius 3 is 2.81 bits per heavy atom. The molecule has 0 unspecified atom stereocenters. The van der Waals surface area contributed by atoms with Crippen LogP contribution in [0.5, 0.6) is 5.75 Å². The number of rotatable bonds is 6. The number of pyridine rings is 1. The lowest BCUT2D eigenvalue weighted by molar-refractivity contribution is -0.385. The number of aromatic nitrogens is 1. The second-order valence-corrected chi connectivity index (χ2v) is 4.60. The summed E-state index contributed by atoms with van der Waals surface area (Å²) in [5.74, 6) is 1.49. The molecule has 21 heavy (non-hydrogen) atoms. The Kier molecular flexibility index (Phi) is 4.71. The van der Waals surface area contributed by atoms with E-state index < -0.39 is 4.92 Å². The van der Waals surface area contributed by atoms with Crippen LogP contribution in [0.3, 0.4) is 0 Å². The van der Waals surface area contributed by atoms with Gasteiger partial charge in [-0.15, -0.1) is 0 Å². The lowest BCUT2D eigenvalue weighted by Crippen LogP contribution is -2.07. The Morgan fingerprint density at radius 2 is 2.14 bits per heavy atom. The molecule has 110 valence electrons. The Hall–Kier alpha value is -2.63. The molecule has 1 aromatic heterocycles. The molecule has 0 fully saturated rings. The van der Waals surface area contributed by atoms with E-state index in [0.717, 1.165) is 17.7 Å². The molecule has 0 saturated heterocycles. The van der Waals surface area contributed by atoms with Crippen molar-refractivity contribution in [2.45, 2.75) is 13.3 Å². The van der Waals surface area contributed by atoms with Crippen LogP contribution in [0.4, 0.5) is 11.5 Å². The van der Waals surface area contributed by atoms with Crippen LogP contribution in [0.25, 0.3) is 0 Å². The van der Waals surface area contributed by atoms with Crippen molar-refractivity contribution in [3.05, 3.63) is 57.8 Å². The Labute approximate surface area is 122 Å². The topological polar surface area (TPSA) is 77.3 Å². The van der Waals surface area contributed by atoms with Crippen molar-refractivity contribution in [1.82, 2.24) is 4.98 Å². The molecule has 0 aliphatic heterocycles. The number of ether oxygens (including phenoxy) is 1. The first-order valence-corrected chi connectivity index (χ1v) is 6.58. The third kappa shape index (κ3) is 3.68. The van der Waals surface area contributed by atoms with E-state index in [4.69, 9.17) is 4.74 Å². The van der Waals surface area contributed by atoms with Crippen molar-refractivity contribution in [3.8, 4) is 5.75 Å². The van der Waals surface area contributed by atoms with Gasteiger partial charge < -0.3 is 10.1 Å². The first kappa shape index (κ1) is 14.8. The lowest BCUT2D eigenvalue weighted by atomic mass is 10.1. The van der Waals surface area contributed by atoms with Gasteiger partial charge in [-0.2, -0.15) is 0 Å². The highest BCUT2D eigenvalue weighted by Crippen LogP contribution is 2.20. The van der Waals surface area contributed by atoms with Crippen LogP contribution < -0.4 is 10.1 Å². The summed E-state index contributed by atoms with van der Waals surface area (Å²) in [7, 11) is 1.65. The van der Waals surface area contributed by atoms with E-state index in [1.807, 2.05) is 24.3 Å². The number of nitro groups is 1. The van der Waals surface area contributed by atoms with Crippen LogP contribution in [-0.2, 0) is 6.42 Å². The summed E-state index contributed by atoms with van der Waals surface area (Å²) in [5.41, 5.74) is 1.73. The molecule has 0 aliphatic rings.